The van der Waals surface area contributed by atoms with Crippen LogP contribution in [0.1, 0.15) is 65.5 Å². The average molecular weight is 329 g/mol. The highest BCUT2D eigenvalue weighted by atomic mass is 32.1. The number of aryl methyl sites for hydroxylation is 1. The molecule has 2 aromatic heterocycles. The molecule has 122 valence electrons. The lowest BCUT2D eigenvalue weighted by Gasteiger charge is -2.35. The molecule has 23 heavy (non-hydrogen) atoms. The van der Waals surface area contributed by atoms with Gasteiger partial charge >= 0.3 is 0 Å². The van der Waals surface area contributed by atoms with Crippen LogP contribution in [0.2, 0.25) is 0 Å². The van der Waals surface area contributed by atoms with Gasteiger partial charge in [-0.3, -0.25) is 9.89 Å². The second-order valence-electron chi connectivity index (χ2n) is 6.75. The first-order valence-electron chi connectivity index (χ1n) is 8.70. The Hall–Kier alpha value is -1.62. The SMILES string of the molecule is O=C(c1cc(C2CC2)[nH]n1)N1CCCC[C@@H]1CCc1cccs1. The maximum Gasteiger partial charge on any atom is 0.274 e. The van der Waals surface area contributed by atoms with Crippen molar-refractivity contribution in [1.29, 1.82) is 0 Å². The van der Waals surface area contributed by atoms with Gasteiger partial charge < -0.3 is 4.90 Å². The molecule has 1 aliphatic heterocycles. The second-order valence-corrected chi connectivity index (χ2v) is 7.78. The molecule has 1 saturated heterocycles. The van der Waals surface area contributed by atoms with E-state index in [0.717, 1.165) is 37.9 Å². The van der Waals surface area contributed by atoms with Crippen LogP contribution in [0.5, 0.6) is 0 Å². The third-order valence-electron chi connectivity index (χ3n) is 5.03. The van der Waals surface area contributed by atoms with Crippen LogP contribution in [0.4, 0.5) is 0 Å². The number of H-pyrrole nitrogens is 1. The largest absolute Gasteiger partial charge is 0.334 e. The summed E-state index contributed by atoms with van der Waals surface area (Å²) in [6.45, 7) is 0.875. The number of thiophene rings is 1. The van der Waals surface area contributed by atoms with Crippen LogP contribution >= 0.6 is 11.3 Å². The highest BCUT2D eigenvalue weighted by Gasteiger charge is 2.31. The zero-order valence-corrected chi connectivity index (χ0v) is 14.1. The minimum Gasteiger partial charge on any atom is -0.334 e. The molecule has 2 fully saturated rings. The van der Waals surface area contributed by atoms with Gasteiger partial charge in [-0.25, -0.2) is 0 Å². The third-order valence-corrected chi connectivity index (χ3v) is 5.96. The van der Waals surface area contributed by atoms with Crippen molar-refractivity contribution < 1.29 is 4.79 Å². The van der Waals surface area contributed by atoms with E-state index >= 15 is 0 Å². The van der Waals surface area contributed by atoms with Gasteiger partial charge in [0.25, 0.3) is 5.91 Å². The molecule has 0 spiro atoms. The van der Waals surface area contributed by atoms with Gasteiger partial charge in [0, 0.05) is 29.1 Å². The number of rotatable bonds is 5. The molecular weight excluding hydrogens is 306 g/mol. The van der Waals surface area contributed by atoms with E-state index in [9.17, 15) is 4.79 Å². The topological polar surface area (TPSA) is 49.0 Å². The van der Waals surface area contributed by atoms with E-state index in [-0.39, 0.29) is 5.91 Å². The Morgan fingerprint density at radius 2 is 2.26 bits per heavy atom. The number of aromatic amines is 1. The summed E-state index contributed by atoms with van der Waals surface area (Å²) in [5.41, 5.74) is 1.75. The van der Waals surface area contributed by atoms with Crippen molar-refractivity contribution >= 4 is 17.2 Å². The zero-order valence-electron chi connectivity index (χ0n) is 13.3. The second kappa shape index (κ2) is 6.48. The predicted molar refractivity (Wildman–Crippen MR) is 91.9 cm³/mol. The van der Waals surface area contributed by atoms with Crippen molar-refractivity contribution in [3.05, 3.63) is 39.8 Å². The summed E-state index contributed by atoms with van der Waals surface area (Å²) in [5, 5.41) is 9.47. The molecule has 1 N–H and O–H groups in total. The van der Waals surface area contributed by atoms with Crippen LogP contribution in [0, 0.1) is 0 Å². The maximum atomic E-state index is 12.9. The van der Waals surface area contributed by atoms with Gasteiger partial charge in [-0.1, -0.05) is 6.07 Å². The van der Waals surface area contributed by atoms with Gasteiger partial charge in [0.2, 0.25) is 0 Å². The molecule has 1 aliphatic carbocycles. The van der Waals surface area contributed by atoms with E-state index in [1.54, 1.807) is 0 Å². The molecule has 2 aliphatic rings. The van der Waals surface area contributed by atoms with E-state index in [0.29, 0.717) is 17.7 Å². The minimum absolute atomic E-state index is 0.115. The van der Waals surface area contributed by atoms with Gasteiger partial charge in [-0.2, -0.15) is 5.10 Å². The van der Waals surface area contributed by atoms with Crippen LogP contribution in [-0.4, -0.2) is 33.6 Å². The highest BCUT2D eigenvalue weighted by molar-refractivity contribution is 7.09. The van der Waals surface area contributed by atoms with Crippen LogP contribution in [0.15, 0.2) is 23.6 Å². The zero-order chi connectivity index (χ0) is 15.6. The van der Waals surface area contributed by atoms with E-state index in [4.69, 9.17) is 0 Å². The first-order valence-corrected chi connectivity index (χ1v) is 9.58. The minimum atomic E-state index is 0.115. The number of hydrogen-bond donors (Lipinski definition) is 1. The molecule has 0 bridgehead atoms. The number of aromatic nitrogens is 2. The number of piperidine rings is 1. The lowest BCUT2D eigenvalue weighted by atomic mass is 9.97. The smallest absolute Gasteiger partial charge is 0.274 e. The van der Waals surface area contributed by atoms with Crippen LogP contribution in [0.3, 0.4) is 0 Å². The molecular formula is C18H23N3OS. The van der Waals surface area contributed by atoms with Gasteiger partial charge in [0.05, 0.1) is 0 Å². The lowest BCUT2D eigenvalue weighted by Crippen LogP contribution is -2.44. The number of carbonyl (C=O) groups excluding carboxylic acids is 1. The van der Waals surface area contributed by atoms with Crippen molar-refractivity contribution in [2.75, 3.05) is 6.54 Å². The number of nitrogens with one attached hydrogen (secondary N) is 1. The first kappa shape index (κ1) is 14.9. The third kappa shape index (κ3) is 3.34. The maximum absolute atomic E-state index is 12.9. The molecule has 0 unspecified atom stereocenters. The fraction of sp³-hybridized carbons (Fsp3) is 0.556. The summed E-state index contributed by atoms with van der Waals surface area (Å²) in [5.74, 6) is 0.726. The summed E-state index contributed by atoms with van der Waals surface area (Å²) in [6.07, 6.45) is 8.04. The van der Waals surface area contributed by atoms with Crippen molar-refractivity contribution in [2.24, 2.45) is 0 Å². The molecule has 0 aromatic carbocycles. The van der Waals surface area contributed by atoms with Crippen LogP contribution < -0.4 is 0 Å². The molecule has 1 amide bonds. The van der Waals surface area contributed by atoms with Gasteiger partial charge in [-0.05, 0) is 62.5 Å². The van der Waals surface area contributed by atoms with Crippen molar-refractivity contribution in [3.63, 3.8) is 0 Å². The predicted octanol–water partition coefficient (Wildman–Crippen LogP) is 3.98. The average Bonchev–Trinajstić information content (AvgIpc) is 3.11. The Labute approximate surface area is 140 Å². The van der Waals surface area contributed by atoms with Crippen molar-refractivity contribution in [2.45, 2.75) is 56.9 Å². The summed E-state index contributed by atoms with van der Waals surface area (Å²) in [4.78, 5) is 16.4. The lowest BCUT2D eigenvalue weighted by molar-refractivity contribution is 0.0596. The monoisotopic (exact) mass is 329 g/mol. The number of carbonyl (C=O) groups is 1. The van der Waals surface area contributed by atoms with E-state index in [1.807, 2.05) is 17.4 Å². The normalized spacial score (nSPS) is 21.6. The molecule has 2 aromatic rings. The quantitative estimate of drug-likeness (QED) is 0.902. The Kier molecular flexibility index (Phi) is 4.21. The first-order chi connectivity index (χ1) is 11.3. The van der Waals surface area contributed by atoms with E-state index in [1.165, 1.54) is 24.1 Å². The van der Waals surface area contributed by atoms with Crippen molar-refractivity contribution in [3.8, 4) is 0 Å². The number of hydrogen-bond acceptors (Lipinski definition) is 3. The molecule has 4 nitrogen and oxygen atoms in total. The summed E-state index contributed by atoms with van der Waals surface area (Å²) in [6, 6.07) is 6.63. The standard InChI is InChI=1S/C18H23N3OS/c22-18(17-12-16(19-20-17)13-6-7-13)21-10-2-1-4-14(21)8-9-15-5-3-11-23-15/h3,5,11-14H,1-2,4,6-10H2,(H,19,20)/t14-/m1/s1. The number of likely N-dealkylation sites (tertiary alicyclic amines) is 1. The Morgan fingerprint density at radius 3 is 3.04 bits per heavy atom. The van der Waals surface area contributed by atoms with Gasteiger partial charge in [0.15, 0.2) is 0 Å². The molecule has 1 saturated carbocycles. The molecule has 1 atom stereocenters. The number of amides is 1. The summed E-state index contributed by atoms with van der Waals surface area (Å²) < 4.78 is 0. The summed E-state index contributed by atoms with van der Waals surface area (Å²) in [7, 11) is 0. The van der Waals surface area contributed by atoms with Crippen molar-refractivity contribution in [1.82, 2.24) is 15.1 Å². The molecule has 0 radical (unpaired) electrons. The highest BCUT2D eigenvalue weighted by Crippen LogP contribution is 2.39. The fourth-order valence-corrected chi connectivity index (χ4v) is 4.25. The van der Waals surface area contributed by atoms with E-state index in [2.05, 4.69) is 32.6 Å². The Balaban J connectivity index is 1.43. The number of nitrogens with zero attached hydrogens (tertiary/aromatic N) is 2. The molecule has 3 heterocycles. The van der Waals surface area contributed by atoms with Crippen LogP contribution in [0.25, 0.3) is 0 Å². The molecule has 5 heteroatoms. The fourth-order valence-electron chi connectivity index (χ4n) is 3.53. The van der Waals surface area contributed by atoms with Gasteiger partial charge in [0.1, 0.15) is 5.69 Å². The summed E-state index contributed by atoms with van der Waals surface area (Å²) >= 11 is 1.81. The van der Waals surface area contributed by atoms with E-state index < -0.39 is 0 Å². The Morgan fingerprint density at radius 1 is 1.35 bits per heavy atom. The van der Waals surface area contributed by atoms with Crippen LogP contribution in [-0.2, 0) is 6.42 Å². The molecule has 4 rings (SSSR count). The van der Waals surface area contributed by atoms with Gasteiger partial charge in [-0.15, -0.1) is 11.3 Å². The Bertz CT molecular complexity index is 660.